The van der Waals surface area contributed by atoms with Crippen molar-refractivity contribution < 1.29 is 9.59 Å². The molecule has 0 unspecified atom stereocenters. The Bertz CT molecular complexity index is 1350. The Morgan fingerprint density at radius 2 is 1.89 bits per heavy atom. The van der Waals surface area contributed by atoms with Crippen LogP contribution in [0.5, 0.6) is 0 Å². The quantitative estimate of drug-likeness (QED) is 0.278. The minimum Gasteiger partial charge on any atom is -0.342 e. The largest absolute Gasteiger partial charge is 0.342 e. The Morgan fingerprint density at radius 1 is 1.11 bits per heavy atom. The number of fused-ring (bicyclic) bond motifs is 1. The number of nitrogens with one attached hydrogen (secondary N) is 2. The van der Waals surface area contributed by atoms with Gasteiger partial charge in [-0.25, -0.2) is 4.98 Å². The van der Waals surface area contributed by atoms with Gasteiger partial charge in [0.25, 0.3) is 5.91 Å². The number of halogens is 2. The van der Waals surface area contributed by atoms with Gasteiger partial charge in [0.1, 0.15) is 0 Å². The summed E-state index contributed by atoms with van der Waals surface area (Å²) in [4.78, 5) is 29.7. The summed E-state index contributed by atoms with van der Waals surface area (Å²) in [5.74, 6) is 0.276. The molecule has 0 spiro atoms. The van der Waals surface area contributed by atoms with Gasteiger partial charge in [-0.15, -0.1) is 10.2 Å². The lowest BCUT2D eigenvalue weighted by atomic mass is 10.0. The van der Waals surface area contributed by atoms with Crippen LogP contribution in [0.25, 0.3) is 10.2 Å². The van der Waals surface area contributed by atoms with Crippen molar-refractivity contribution >= 4 is 73.5 Å². The van der Waals surface area contributed by atoms with Crippen LogP contribution in [0, 0.1) is 5.92 Å². The molecule has 0 bridgehead atoms. The number of thiazole rings is 1. The molecule has 8 nitrogen and oxygen atoms in total. The zero-order valence-corrected chi connectivity index (χ0v) is 22.2. The van der Waals surface area contributed by atoms with E-state index in [1.54, 1.807) is 16.7 Å². The average Bonchev–Trinajstić information content (AvgIpc) is 3.39. The maximum absolute atomic E-state index is 12.8. The summed E-state index contributed by atoms with van der Waals surface area (Å²) in [7, 11) is 1.81. The van der Waals surface area contributed by atoms with Gasteiger partial charge in [0, 0.05) is 12.6 Å². The third kappa shape index (κ3) is 5.95. The van der Waals surface area contributed by atoms with Crippen molar-refractivity contribution in [2.24, 2.45) is 13.0 Å². The molecule has 2 amide bonds. The molecule has 0 aliphatic carbocycles. The molecule has 2 aromatic heterocycles. The van der Waals surface area contributed by atoms with Gasteiger partial charge in [-0.2, -0.15) is 0 Å². The molecule has 182 valence electrons. The maximum Gasteiger partial charge on any atom is 0.251 e. The number of para-hydroxylation sites is 1. The summed E-state index contributed by atoms with van der Waals surface area (Å²) >= 11 is 14.7. The Kier molecular flexibility index (Phi) is 7.95. The van der Waals surface area contributed by atoms with Crippen molar-refractivity contribution in [2.45, 2.75) is 25.0 Å². The van der Waals surface area contributed by atoms with E-state index < -0.39 is 6.04 Å². The predicted octanol–water partition coefficient (Wildman–Crippen LogP) is 5.59. The minimum absolute atomic E-state index is 0.0322. The fraction of sp³-hybridized carbons (Fsp3) is 0.261. The molecule has 0 radical (unpaired) electrons. The molecular formula is C23H22Cl2N6O2S2. The van der Waals surface area contributed by atoms with Crippen LogP contribution in [-0.2, 0) is 11.8 Å². The third-order valence-electron chi connectivity index (χ3n) is 5.15. The SMILES string of the molecule is CC(C)[C@H](NC(=O)c1ccc(Cl)c(Cl)c1)c1nnc(SCC(=O)Nc2nc3ccccc3s2)n1C. The van der Waals surface area contributed by atoms with Gasteiger partial charge in [-0.3, -0.25) is 9.59 Å². The monoisotopic (exact) mass is 548 g/mol. The molecule has 4 aromatic rings. The topological polar surface area (TPSA) is 102 Å². The summed E-state index contributed by atoms with van der Waals surface area (Å²) < 4.78 is 2.80. The summed E-state index contributed by atoms with van der Waals surface area (Å²) in [6, 6.07) is 12.0. The van der Waals surface area contributed by atoms with Crippen LogP contribution in [0.3, 0.4) is 0 Å². The average molecular weight is 550 g/mol. The summed E-state index contributed by atoms with van der Waals surface area (Å²) in [5.41, 5.74) is 1.24. The highest BCUT2D eigenvalue weighted by Crippen LogP contribution is 2.28. The summed E-state index contributed by atoms with van der Waals surface area (Å²) in [6.07, 6.45) is 0. The lowest BCUT2D eigenvalue weighted by Crippen LogP contribution is -2.33. The highest BCUT2D eigenvalue weighted by molar-refractivity contribution is 7.99. The van der Waals surface area contributed by atoms with E-state index >= 15 is 0 Å². The second-order valence-electron chi connectivity index (χ2n) is 8.05. The van der Waals surface area contributed by atoms with Crippen LogP contribution in [0.2, 0.25) is 10.0 Å². The van der Waals surface area contributed by atoms with E-state index in [4.69, 9.17) is 23.2 Å². The van der Waals surface area contributed by atoms with Crippen molar-refractivity contribution in [3.8, 4) is 0 Å². The van der Waals surface area contributed by atoms with Gasteiger partial charge >= 0.3 is 0 Å². The standard InChI is InChI=1S/C23H22Cl2N6O2S2/c1-12(2)19(28-21(33)13-8-9-14(24)15(25)10-13)20-29-30-23(31(20)3)34-11-18(32)27-22-26-16-6-4-5-7-17(16)35-22/h4-10,12,19H,11H2,1-3H3,(H,28,33)(H,26,27,32)/t19-/m0/s1. The van der Waals surface area contributed by atoms with E-state index in [-0.39, 0.29) is 23.5 Å². The first kappa shape index (κ1) is 25.4. The maximum atomic E-state index is 12.8. The molecule has 2 heterocycles. The Morgan fingerprint density at radius 3 is 2.60 bits per heavy atom. The molecule has 35 heavy (non-hydrogen) atoms. The predicted molar refractivity (Wildman–Crippen MR) is 141 cm³/mol. The number of hydrogen-bond donors (Lipinski definition) is 2. The van der Waals surface area contributed by atoms with E-state index in [1.807, 2.05) is 45.2 Å². The molecule has 0 aliphatic heterocycles. The lowest BCUT2D eigenvalue weighted by Gasteiger charge is -2.21. The number of benzene rings is 2. The van der Waals surface area contributed by atoms with Crippen molar-refractivity contribution in [1.82, 2.24) is 25.1 Å². The molecule has 1 atom stereocenters. The Labute approximate surface area is 220 Å². The lowest BCUT2D eigenvalue weighted by molar-refractivity contribution is -0.113. The van der Waals surface area contributed by atoms with Gasteiger partial charge < -0.3 is 15.2 Å². The van der Waals surface area contributed by atoms with E-state index in [2.05, 4.69) is 25.8 Å². The first-order valence-electron chi connectivity index (χ1n) is 10.7. The van der Waals surface area contributed by atoms with Crippen molar-refractivity contribution in [3.05, 3.63) is 63.9 Å². The van der Waals surface area contributed by atoms with E-state index in [1.165, 1.54) is 29.2 Å². The van der Waals surface area contributed by atoms with E-state index in [0.717, 1.165) is 10.2 Å². The fourth-order valence-electron chi connectivity index (χ4n) is 3.33. The van der Waals surface area contributed by atoms with Crippen molar-refractivity contribution in [2.75, 3.05) is 11.1 Å². The Hall–Kier alpha value is -2.66. The first-order valence-corrected chi connectivity index (χ1v) is 13.2. The van der Waals surface area contributed by atoms with Gasteiger partial charge in [0.2, 0.25) is 5.91 Å². The molecule has 12 heteroatoms. The number of anilines is 1. The fourth-order valence-corrected chi connectivity index (χ4v) is 5.22. The highest BCUT2D eigenvalue weighted by Gasteiger charge is 2.25. The smallest absolute Gasteiger partial charge is 0.251 e. The molecular weight excluding hydrogens is 527 g/mol. The van der Waals surface area contributed by atoms with Crippen LogP contribution in [0.1, 0.15) is 36.1 Å². The second-order valence-corrected chi connectivity index (χ2v) is 10.8. The van der Waals surface area contributed by atoms with Crippen molar-refractivity contribution in [3.63, 3.8) is 0 Å². The highest BCUT2D eigenvalue weighted by atomic mass is 35.5. The van der Waals surface area contributed by atoms with Crippen LogP contribution in [0.4, 0.5) is 5.13 Å². The molecule has 0 saturated carbocycles. The van der Waals surface area contributed by atoms with Gasteiger partial charge in [-0.05, 0) is 36.2 Å². The number of aromatic nitrogens is 4. The number of nitrogens with zero attached hydrogens (tertiary/aromatic N) is 4. The summed E-state index contributed by atoms with van der Waals surface area (Å²) in [6.45, 7) is 3.96. The van der Waals surface area contributed by atoms with Crippen LogP contribution in [-0.4, -0.2) is 37.3 Å². The number of carbonyl (C=O) groups excluding carboxylic acids is 2. The molecule has 0 aliphatic rings. The van der Waals surface area contributed by atoms with Crippen LogP contribution >= 0.6 is 46.3 Å². The zero-order valence-electron chi connectivity index (χ0n) is 19.1. The van der Waals surface area contributed by atoms with E-state index in [0.29, 0.717) is 31.7 Å². The van der Waals surface area contributed by atoms with Gasteiger partial charge in [-0.1, -0.05) is 72.3 Å². The van der Waals surface area contributed by atoms with Gasteiger partial charge in [0.05, 0.1) is 32.1 Å². The number of rotatable bonds is 8. The molecule has 2 aromatic carbocycles. The zero-order chi connectivity index (χ0) is 25.1. The molecule has 4 rings (SSSR count). The number of thioether (sulfide) groups is 1. The number of amides is 2. The third-order valence-corrected chi connectivity index (χ3v) is 7.87. The summed E-state index contributed by atoms with van der Waals surface area (Å²) in [5, 5.41) is 16.2. The van der Waals surface area contributed by atoms with Crippen LogP contribution < -0.4 is 10.6 Å². The minimum atomic E-state index is -0.402. The van der Waals surface area contributed by atoms with Gasteiger partial charge in [0.15, 0.2) is 16.1 Å². The van der Waals surface area contributed by atoms with Crippen LogP contribution in [0.15, 0.2) is 47.6 Å². The van der Waals surface area contributed by atoms with Crippen molar-refractivity contribution in [1.29, 1.82) is 0 Å². The number of hydrogen-bond acceptors (Lipinski definition) is 7. The van der Waals surface area contributed by atoms with E-state index in [9.17, 15) is 9.59 Å². The molecule has 0 fully saturated rings. The number of carbonyl (C=O) groups is 2. The first-order chi connectivity index (χ1) is 16.7. The normalized spacial score (nSPS) is 12.2. The second kappa shape index (κ2) is 10.9. The molecule has 0 saturated heterocycles. The Balaban J connectivity index is 1.41. The molecule has 2 N–H and O–H groups in total.